The van der Waals surface area contributed by atoms with Gasteiger partial charge < -0.3 is 0 Å². The lowest BCUT2D eigenvalue weighted by Gasteiger charge is -2.18. The molecule has 2 aromatic rings. The predicted molar refractivity (Wildman–Crippen MR) is 72.2 cm³/mol. The van der Waals surface area contributed by atoms with Gasteiger partial charge in [-0.15, -0.1) is 0 Å². The van der Waals surface area contributed by atoms with E-state index in [1.54, 1.807) is 12.3 Å². The number of nitrogens with one attached hydrogen (secondary N) is 1. The maximum absolute atomic E-state index is 13.1. The van der Waals surface area contributed by atoms with Gasteiger partial charge >= 0.3 is 0 Å². The Morgan fingerprint density at radius 3 is 2.67 bits per heavy atom. The minimum Gasteiger partial charge on any atom is -0.271 e. The summed E-state index contributed by atoms with van der Waals surface area (Å²) in [5.74, 6) is 5.30. The fourth-order valence-corrected chi connectivity index (χ4v) is 2.33. The van der Waals surface area contributed by atoms with Crippen molar-refractivity contribution in [3.63, 3.8) is 0 Å². The minimum atomic E-state index is -0.288. The highest BCUT2D eigenvalue weighted by Gasteiger charge is 2.16. The van der Waals surface area contributed by atoms with Crippen molar-refractivity contribution in [3.05, 3.63) is 63.6 Å². The first-order valence-electron chi connectivity index (χ1n) is 5.45. The van der Waals surface area contributed by atoms with Crippen molar-refractivity contribution in [3.8, 4) is 0 Å². The van der Waals surface area contributed by atoms with Gasteiger partial charge in [-0.3, -0.25) is 10.8 Å². The van der Waals surface area contributed by atoms with Gasteiger partial charge in [0, 0.05) is 16.4 Å². The van der Waals surface area contributed by atoms with E-state index in [-0.39, 0.29) is 11.9 Å². The molecule has 0 bridgehead atoms. The molecule has 0 spiro atoms. The van der Waals surface area contributed by atoms with Crippen LogP contribution in [0.25, 0.3) is 0 Å². The Bertz CT molecular complexity index is 542. The monoisotopic (exact) mass is 309 g/mol. The lowest BCUT2D eigenvalue weighted by molar-refractivity contribution is 0.612. The average Bonchev–Trinajstić information content (AvgIpc) is 2.35. The molecule has 3 N–H and O–H groups in total. The maximum atomic E-state index is 13.1. The summed E-state index contributed by atoms with van der Waals surface area (Å²) < 4.78 is 13.7. The molecule has 94 valence electrons. The van der Waals surface area contributed by atoms with Crippen LogP contribution in [0.3, 0.4) is 0 Å². The van der Waals surface area contributed by atoms with Crippen molar-refractivity contribution < 1.29 is 4.39 Å². The van der Waals surface area contributed by atoms with Gasteiger partial charge in [-0.25, -0.2) is 9.82 Å². The molecule has 18 heavy (non-hydrogen) atoms. The topological polar surface area (TPSA) is 50.9 Å². The van der Waals surface area contributed by atoms with E-state index in [1.165, 1.54) is 12.1 Å². The maximum Gasteiger partial charge on any atom is 0.124 e. The number of nitrogens with two attached hydrogens (primary N) is 1. The molecule has 0 fully saturated rings. The molecule has 3 nitrogen and oxygen atoms in total. The van der Waals surface area contributed by atoms with Gasteiger partial charge in [-0.2, -0.15) is 0 Å². The SMILES string of the molecule is Cc1ccc(C(NN)c2ccc(F)cc2Br)cn1. The van der Waals surface area contributed by atoms with Crippen molar-refractivity contribution in [2.75, 3.05) is 0 Å². The number of nitrogens with zero attached hydrogens (tertiary/aromatic N) is 1. The zero-order valence-electron chi connectivity index (χ0n) is 9.82. The number of hydrogen-bond donors (Lipinski definition) is 2. The molecule has 0 aliphatic carbocycles. The third-order valence-corrected chi connectivity index (χ3v) is 3.39. The first-order chi connectivity index (χ1) is 8.61. The van der Waals surface area contributed by atoms with E-state index >= 15 is 0 Å². The fraction of sp³-hybridized carbons (Fsp3) is 0.154. The molecule has 0 saturated carbocycles. The first kappa shape index (κ1) is 13.1. The van der Waals surface area contributed by atoms with E-state index in [4.69, 9.17) is 5.84 Å². The van der Waals surface area contributed by atoms with Crippen LogP contribution in [0.4, 0.5) is 4.39 Å². The van der Waals surface area contributed by atoms with Crippen molar-refractivity contribution in [1.29, 1.82) is 0 Å². The van der Waals surface area contributed by atoms with Crippen molar-refractivity contribution >= 4 is 15.9 Å². The second-order valence-corrected chi connectivity index (χ2v) is 4.85. The van der Waals surface area contributed by atoms with Gasteiger partial charge in [0.15, 0.2) is 0 Å². The van der Waals surface area contributed by atoms with Crippen LogP contribution >= 0.6 is 15.9 Å². The van der Waals surface area contributed by atoms with Gasteiger partial charge in [-0.1, -0.05) is 28.1 Å². The molecule has 0 radical (unpaired) electrons. The summed E-state index contributed by atoms with van der Waals surface area (Å²) in [6.07, 6.45) is 1.76. The van der Waals surface area contributed by atoms with Gasteiger partial charge in [0.05, 0.1) is 6.04 Å². The number of halogens is 2. The summed E-state index contributed by atoms with van der Waals surface area (Å²) in [4.78, 5) is 4.24. The number of aryl methyl sites for hydroxylation is 1. The molecule has 1 atom stereocenters. The quantitative estimate of drug-likeness (QED) is 0.677. The van der Waals surface area contributed by atoms with E-state index < -0.39 is 0 Å². The summed E-state index contributed by atoms with van der Waals surface area (Å²) in [6, 6.07) is 8.16. The van der Waals surface area contributed by atoms with Gasteiger partial charge in [0.1, 0.15) is 5.82 Å². The molecule has 0 amide bonds. The van der Waals surface area contributed by atoms with Crippen molar-refractivity contribution in [2.45, 2.75) is 13.0 Å². The van der Waals surface area contributed by atoms with E-state index in [0.29, 0.717) is 4.47 Å². The molecule has 1 heterocycles. The highest BCUT2D eigenvalue weighted by molar-refractivity contribution is 9.10. The molecular weight excluding hydrogens is 297 g/mol. The molecule has 0 aliphatic heterocycles. The number of benzene rings is 1. The Kier molecular flexibility index (Phi) is 4.06. The highest BCUT2D eigenvalue weighted by atomic mass is 79.9. The second-order valence-electron chi connectivity index (χ2n) is 4.00. The number of rotatable bonds is 3. The molecule has 1 unspecified atom stereocenters. The second kappa shape index (κ2) is 5.56. The summed E-state index contributed by atoms with van der Waals surface area (Å²) in [7, 11) is 0. The standard InChI is InChI=1S/C13H13BrFN3/c1-8-2-3-9(7-17-8)13(18-16)11-5-4-10(15)6-12(11)14/h2-7,13,18H,16H2,1H3. The normalized spacial score (nSPS) is 12.4. The van der Waals surface area contributed by atoms with Crippen LogP contribution in [-0.2, 0) is 0 Å². The van der Waals surface area contributed by atoms with E-state index in [0.717, 1.165) is 16.8 Å². The molecule has 0 saturated heterocycles. The highest BCUT2D eigenvalue weighted by Crippen LogP contribution is 2.28. The Labute approximate surface area is 113 Å². The zero-order valence-corrected chi connectivity index (χ0v) is 11.4. The van der Waals surface area contributed by atoms with Crippen LogP contribution in [0, 0.1) is 12.7 Å². The van der Waals surface area contributed by atoms with Crippen LogP contribution in [0.2, 0.25) is 0 Å². The van der Waals surface area contributed by atoms with Gasteiger partial charge in [-0.05, 0) is 36.2 Å². The lowest BCUT2D eigenvalue weighted by atomic mass is 10.0. The van der Waals surface area contributed by atoms with Gasteiger partial charge in [0.25, 0.3) is 0 Å². The third kappa shape index (κ3) is 2.75. The molecule has 1 aromatic carbocycles. The Hall–Kier alpha value is -1.30. The largest absolute Gasteiger partial charge is 0.271 e. The number of hydrazine groups is 1. The lowest BCUT2D eigenvalue weighted by Crippen LogP contribution is -2.29. The van der Waals surface area contributed by atoms with Crippen molar-refractivity contribution in [2.24, 2.45) is 5.84 Å². The Morgan fingerprint density at radius 2 is 2.11 bits per heavy atom. The Balaban J connectivity index is 2.41. The Morgan fingerprint density at radius 1 is 1.33 bits per heavy atom. The van der Waals surface area contributed by atoms with E-state index in [9.17, 15) is 4.39 Å². The van der Waals surface area contributed by atoms with E-state index in [1.807, 2.05) is 19.1 Å². The zero-order chi connectivity index (χ0) is 13.1. The number of hydrogen-bond acceptors (Lipinski definition) is 3. The molecule has 5 heteroatoms. The fourth-order valence-electron chi connectivity index (χ4n) is 1.75. The predicted octanol–water partition coefficient (Wildman–Crippen LogP) is 2.84. The van der Waals surface area contributed by atoms with Gasteiger partial charge in [0.2, 0.25) is 0 Å². The van der Waals surface area contributed by atoms with Crippen molar-refractivity contribution in [1.82, 2.24) is 10.4 Å². The summed E-state index contributed by atoms with van der Waals surface area (Å²) >= 11 is 3.34. The first-order valence-corrected chi connectivity index (χ1v) is 6.24. The van der Waals surface area contributed by atoms with Crippen LogP contribution in [0.15, 0.2) is 41.0 Å². The molecule has 1 aromatic heterocycles. The van der Waals surface area contributed by atoms with Crippen LogP contribution in [0.1, 0.15) is 22.9 Å². The van der Waals surface area contributed by atoms with Crippen LogP contribution in [-0.4, -0.2) is 4.98 Å². The van der Waals surface area contributed by atoms with Crippen LogP contribution < -0.4 is 11.3 Å². The average molecular weight is 310 g/mol. The molecular formula is C13H13BrFN3. The summed E-state index contributed by atoms with van der Waals surface area (Å²) in [5.41, 5.74) is 5.45. The molecule has 0 aliphatic rings. The number of aromatic nitrogens is 1. The van der Waals surface area contributed by atoms with Crippen LogP contribution in [0.5, 0.6) is 0 Å². The van der Waals surface area contributed by atoms with E-state index in [2.05, 4.69) is 26.3 Å². The minimum absolute atomic E-state index is 0.229. The summed E-state index contributed by atoms with van der Waals surface area (Å²) in [5, 5.41) is 0. The third-order valence-electron chi connectivity index (χ3n) is 2.71. The smallest absolute Gasteiger partial charge is 0.124 e. The number of pyridine rings is 1. The molecule has 2 rings (SSSR count). The summed E-state index contributed by atoms with van der Waals surface area (Å²) in [6.45, 7) is 1.92.